The zero-order chi connectivity index (χ0) is 13.3. The first-order chi connectivity index (χ1) is 8.52. The second-order valence-corrected chi connectivity index (χ2v) is 5.27. The van der Waals surface area contributed by atoms with Crippen molar-refractivity contribution in [2.45, 2.75) is 19.4 Å². The van der Waals surface area contributed by atoms with Crippen molar-refractivity contribution in [2.24, 2.45) is 5.92 Å². The molecule has 98 valence electrons. The second kappa shape index (κ2) is 5.03. The van der Waals surface area contributed by atoms with Gasteiger partial charge in [0.15, 0.2) is 0 Å². The zero-order valence-corrected chi connectivity index (χ0v) is 10.7. The van der Waals surface area contributed by atoms with Gasteiger partial charge >= 0.3 is 5.00 Å². The van der Waals surface area contributed by atoms with E-state index in [-0.39, 0.29) is 16.8 Å². The van der Waals surface area contributed by atoms with E-state index in [9.17, 15) is 20.0 Å². The van der Waals surface area contributed by atoms with E-state index in [1.807, 2.05) is 6.92 Å². The molecular formula is C11H14N2O4S. The predicted molar refractivity (Wildman–Crippen MR) is 66.7 cm³/mol. The number of thiophene rings is 1. The molecule has 0 radical (unpaired) electrons. The Balaban J connectivity index is 2.10. The van der Waals surface area contributed by atoms with Crippen LogP contribution in [0.1, 0.15) is 23.7 Å². The molecule has 1 fully saturated rings. The average Bonchev–Trinajstić information content (AvgIpc) is 2.94. The lowest BCUT2D eigenvalue weighted by Gasteiger charge is -2.14. The lowest BCUT2D eigenvalue weighted by atomic mass is 10.0. The third-order valence-electron chi connectivity index (χ3n) is 3.23. The van der Waals surface area contributed by atoms with Gasteiger partial charge in [0.05, 0.1) is 16.6 Å². The molecule has 1 amide bonds. The summed E-state index contributed by atoms with van der Waals surface area (Å²) in [6.07, 6.45) is 0.321. The number of nitro groups is 1. The molecule has 1 aliphatic heterocycles. The summed E-state index contributed by atoms with van der Waals surface area (Å²) in [5.74, 6) is -0.142. The topological polar surface area (TPSA) is 83.7 Å². The van der Waals surface area contributed by atoms with Gasteiger partial charge in [-0.15, -0.1) is 0 Å². The Kier molecular flexibility index (Phi) is 3.63. The molecule has 0 bridgehead atoms. The summed E-state index contributed by atoms with van der Waals surface area (Å²) in [7, 11) is 0. The van der Waals surface area contributed by atoms with E-state index in [2.05, 4.69) is 0 Å². The highest BCUT2D eigenvalue weighted by Crippen LogP contribution is 2.26. The molecule has 18 heavy (non-hydrogen) atoms. The number of nitrogens with zero attached hydrogens (tertiary/aromatic N) is 2. The SMILES string of the molecule is CCC1CN(C(=O)c2csc([N+](=O)[O-])c2)CC1O. The molecule has 0 spiro atoms. The number of amides is 1. The van der Waals surface area contributed by atoms with Gasteiger partial charge in [-0.3, -0.25) is 14.9 Å². The maximum Gasteiger partial charge on any atom is 0.324 e. The van der Waals surface area contributed by atoms with E-state index in [0.29, 0.717) is 18.7 Å². The number of rotatable bonds is 3. The van der Waals surface area contributed by atoms with E-state index in [4.69, 9.17) is 0 Å². The Bertz CT molecular complexity index is 473. The predicted octanol–water partition coefficient (Wildman–Crippen LogP) is 1.50. The number of aliphatic hydroxyl groups excluding tert-OH is 1. The Morgan fingerprint density at radius 1 is 1.67 bits per heavy atom. The summed E-state index contributed by atoms with van der Waals surface area (Å²) in [5, 5.41) is 21.8. The molecule has 2 unspecified atom stereocenters. The number of hydrogen-bond acceptors (Lipinski definition) is 5. The number of hydrogen-bond donors (Lipinski definition) is 1. The lowest BCUT2D eigenvalue weighted by Crippen LogP contribution is -2.29. The van der Waals surface area contributed by atoms with E-state index in [0.717, 1.165) is 17.8 Å². The molecule has 1 N–H and O–H groups in total. The van der Waals surface area contributed by atoms with Gasteiger partial charge in [0.25, 0.3) is 5.91 Å². The van der Waals surface area contributed by atoms with Gasteiger partial charge in [-0.25, -0.2) is 0 Å². The van der Waals surface area contributed by atoms with Crippen LogP contribution in [-0.4, -0.2) is 40.0 Å². The minimum absolute atomic E-state index is 0.0369. The molecule has 0 aliphatic carbocycles. The first kappa shape index (κ1) is 13.0. The highest BCUT2D eigenvalue weighted by atomic mass is 32.1. The molecule has 0 saturated carbocycles. The summed E-state index contributed by atoms with van der Waals surface area (Å²) in [5.41, 5.74) is 0.329. The first-order valence-electron chi connectivity index (χ1n) is 5.73. The van der Waals surface area contributed by atoms with Gasteiger partial charge in [-0.2, -0.15) is 0 Å². The number of aliphatic hydroxyl groups is 1. The van der Waals surface area contributed by atoms with Crippen molar-refractivity contribution >= 4 is 22.2 Å². The molecule has 6 nitrogen and oxygen atoms in total. The van der Waals surface area contributed by atoms with E-state index in [1.54, 1.807) is 4.90 Å². The molecule has 2 rings (SSSR count). The largest absolute Gasteiger partial charge is 0.391 e. The smallest absolute Gasteiger partial charge is 0.324 e. The maximum absolute atomic E-state index is 12.1. The van der Waals surface area contributed by atoms with Gasteiger partial charge in [0, 0.05) is 30.5 Å². The third-order valence-corrected chi connectivity index (χ3v) is 4.11. The molecule has 2 atom stereocenters. The van der Waals surface area contributed by atoms with Crippen molar-refractivity contribution < 1.29 is 14.8 Å². The van der Waals surface area contributed by atoms with Gasteiger partial charge < -0.3 is 10.0 Å². The molecule has 1 aromatic heterocycles. The van der Waals surface area contributed by atoms with Gasteiger partial charge in [-0.05, 0) is 6.42 Å². The summed E-state index contributed by atoms with van der Waals surface area (Å²) >= 11 is 0.943. The first-order valence-corrected chi connectivity index (χ1v) is 6.61. The molecule has 1 aromatic rings. The van der Waals surface area contributed by atoms with Gasteiger partial charge in [-0.1, -0.05) is 18.3 Å². The van der Waals surface area contributed by atoms with Crippen molar-refractivity contribution in [3.05, 3.63) is 27.1 Å². The third kappa shape index (κ3) is 2.37. The van der Waals surface area contributed by atoms with Crippen molar-refractivity contribution in [3.8, 4) is 0 Å². The Labute approximate surface area is 108 Å². The number of carbonyl (C=O) groups is 1. The molecule has 2 heterocycles. The lowest BCUT2D eigenvalue weighted by molar-refractivity contribution is -0.380. The van der Waals surface area contributed by atoms with Crippen molar-refractivity contribution in [2.75, 3.05) is 13.1 Å². The minimum Gasteiger partial charge on any atom is -0.391 e. The summed E-state index contributed by atoms with van der Waals surface area (Å²) in [4.78, 5) is 23.7. The Morgan fingerprint density at radius 2 is 2.39 bits per heavy atom. The van der Waals surface area contributed by atoms with E-state index < -0.39 is 11.0 Å². The van der Waals surface area contributed by atoms with Crippen LogP contribution in [-0.2, 0) is 0 Å². The normalized spacial score (nSPS) is 23.3. The fourth-order valence-corrected chi connectivity index (χ4v) is 2.83. The molecule has 7 heteroatoms. The summed E-state index contributed by atoms with van der Waals surface area (Å²) < 4.78 is 0. The van der Waals surface area contributed by atoms with Crippen molar-refractivity contribution in [3.63, 3.8) is 0 Å². The average molecular weight is 270 g/mol. The summed E-state index contributed by atoms with van der Waals surface area (Å²) in [6.45, 7) is 2.79. The Hall–Kier alpha value is -1.47. The molecular weight excluding hydrogens is 256 g/mol. The highest BCUT2D eigenvalue weighted by Gasteiger charge is 2.33. The van der Waals surface area contributed by atoms with Crippen LogP contribution in [0.15, 0.2) is 11.4 Å². The number of β-amino-alcohol motifs (C(OH)–C–C–N with tert-alkyl or cyclic N) is 1. The molecule has 1 saturated heterocycles. The van der Waals surface area contributed by atoms with E-state index >= 15 is 0 Å². The quantitative estimate of drug-likeness (QED) is 0.666. The second-order valence-electron chi connectivity index (χ2n) is 4.38. The monoisotopic (exact) mass is 270 g/mol. The molecule has 1 aliphatic rings. The van der Waals surface area contributed by atoms with Crippen LogP contribution in [0, 0.1) is 16.0 Å². The fourth-order valence-electron chi connectivity index (χ4n) is 2.14. The van der Waals surface area contributed by atoms with Crippen LogP contribution in [0.2, 0.25) is 0 Å². The van der Waals surface area contributed by atoms with Crippen LogP contribution >= 0.6 is 11.3 Å². The van der Waals surface area contributed by atoms with Crippen LogP contribution < -0.4 is 0 Å². The maximum atomic E-state index is 12.1. The van der Waals surface area contributed by atoms with Crippen LogP contribution in [0.3, 0.4) is 0 Å². The standard InChI is InChI=1S/C11H14N2O4S/c1-2-7-4-12(5-9(7)14)11(15)8-3-10(13(16)17)18-6-8/h3,6-7,9,14H,2,4-5H2,1H3. The van der Waals surface area contributed by atoms with Gasteiger partial charge in [0.1, 0.15) is 0 Å². The van der Waals surface area contributed by atoms with Crippen molar-refractivity contribution in [1.29, 1.82) is 0 Å². The van der Waals surface area contributed by atoms with Crippen LogP contribution in [0.4, 0.5) is 5.00 Å². The summed E-state index contributed by atoms with van der Waals surface area (Å²) in [6, 6.07) is 1.29. The minimum atomic E-state index is -0.505. The van der Waals surface area contributed by atoms with E-state index in [1.165, 1.54) is 11.4 Å². The highest BCUT2D eigenvalue weighted by molar-refractivity contribution is 7.13. The van der Waals surface area contributed by atoms with Gasteiger partial charge in [0.2, 0.25) is 0 Å². The zero-order valence-electron chi connectivity index (χ0n) is 9.91. The van der Waals surface area contributed by atoms with Crippen molar-refractivity contribution in [1.82, 2.24) is 4.90 Å². The number of likely N-dealkylation sites (tertiary alicyclic amines) is 1. The van der Waals surface area contributed by atoms with Crippen LogP contribution in [0.25, 0.3) is 0 Å². The fraction of sp³-hybridized carbons (Fsp3) is 0.545. The number of carbonyl (C=O) groups excluding carboxylic acids is 1. The Morgan fingerprint density at radius 3 is 2.89 bits per heavy atom. The molecule has 0 aromatic carbocycles. The van der Waals surface area contributed by atoms with Crippen LogP contribution in [0.5, 0.6) is 0 Å².